The molecule has 0 saturated carbocycles. The molecule has 0 unspecified atom stereocenters. The Bertz CT molecular complexity index is 1230. The van der Waals surface area contributed by atoms with E-state index in [-0.39, 0.29) is 26.6 Å². The predicted octanol–water partition coefficient (Wildman–Crippen LogP) is 2.82. The number of rotatable bonds is 6. The van der Waals surface area contributed by atoms with Crippen molar-refractivity contribution in [3.63, 3.8) is 0 Å². The van der Waals surface area contributed by atoms with Crippen LogP contribution in [0, 0.1) is 12.3 Å². The molecule has 4 N–H and O–H groups in total. The molecule has 2 heterocycles. The van der Waals surface area contributed by atoms with Crippen LogP contribution in [-0.4, -0.2) is 31.5 Å². The van der Waals surface area contributed by atoms with Gasteiger partial charge in [-0.15, -0.1) is 11.3 Å². The number of hydrogen-bond donors (Lipinski definition) is 3. The molecule has 1 aromatic carbocycles. The van der Waals surface area contributed by atoms with Gasteiger partial charge in [-0.2, -0.15) is 0 Å². The van der Waals surface area contributed by atoms with E-state index in [4.69, 9.17) is 25.0 Å². The molecule has 0 atom stereocenters. The van der Waals surface area contributed by atoms with Gasteiger partial charge >= 0.3 is 5.97 Å². The van der Waals surface area contributed by atoms with E-state index >= 15 is 0 Å². The highest BCUT2D eigenvalue weighted by Gasteiger charge is 2.26. The van der Waals surface area contributed by atoms with Crippen LogP contribution in [0.3, 0.4) is 0 Å². The normalized spacial score (nSPS) is 10.6. The number of fused-ring (bicyclic) bond motifs is 1. The van der Waals surface area contributed by atoms with Gasteiger partial charge in [0.15, 0.2) is 11.3 Å². The van der Waals surface area contributed by atoms with E-state index in [0.29, 0.717) is 28.9 Å². The van der Waals surface area contributed by atoms with E-state index in [9.17, 15) is 14.4 Å². The molecule has 2 amide bonds. The molecule has 3 aromatic rings. The fourth-order valence-electron chi connectivity index (χ4n) is 2.93. The molecule has 0 bridgehead atoms. The number of hydrogen-bond acceptors (Lipinski definition) is 8. The fraction of sp³-hybridized carbons (Fsp3) is 0.200. The number of benzene rings is 1. The Hall–Kier alpha value is -3.66. The lowest BCUT2D eigenvalue weighted by molar-refractivity contribution is 0.0601. The lowest BCUT2D eigenvalue weighted by atomic mass is 10.1. The Balaban J connectivity index is 2.05. The maximum Gasteiger partial charge on any atom is 0.341 e. The van der Waals surface area contributed by atoms with Crippen molar-refractivity contribution >= 4 is 45.1 Å². The molecular weight excluding hydrogens is 410 g/mol. The maximum atomic E-state index is 12.9. The average Bonchev–Trinajstić information content (AvgIpc) is 3.03. The Morgan fingerprint density at radius 2 is 2.03 bits per heavy atom. The first-order chi connectivity index (χ1) is 14.3. The van der Waals surface area contributed by atoms with Gasteiger partial charge in [0.25, 0.3) is 11.8 Å². The van der Waals surface area contributed by atoms with Gasteiger partial charge in [0.1, 0.15) is 10.6 Å². The second-order valence-corrected chi connectivity index (χ2v) is 7.19. The zero-order valence-electron chi connectivity index (χ0n) is 16.5. The number of nitrogens with one attached hydrogen (secondary N) is 2. The van der Waals surface area contributed by atoms with Crippen molar-refractivity contribution in [3.8, 4) is 5.75 Å². The van der Waals surface area contributed by atoms with Crippen molar-refractivity contribution in [2.75, 3.05) is 19.0 Å². The number of nitrogens with two attached hydrogens (primary N) is 1. The van der Waals surface area contributed by atoms with E-state index in [1.807, 2.05) is 6.92 Å². The molecule has 156 valence electrons. The third-order valence-corrected chi connectivity index (χ3v) is 5.51. The van der Waals surface area contributed by atoms with Crippen LogP contribution in [0.2, 0.25) is 0 Å². The minimum Gasteiger partial charge on any atom is -0.490 e. The standard InChI is InChI=1S/C20H19N3O6S/c1-4-28-12-7-5-6-10-8-11(17(22)29-14(10)12)18(25)23-19-13(20(26)27-3)9(2)15(30-19)16(21)24/h5-8,22H,4H2,1-3H3,(H2,21,24)(H,23,25). The summed E-state index contributed by atoms with van der Waals surface area (Å²) in [6.07, 6.45) is 0. The van der Waals surface area contributed by atoms with Gasteiger partial charge < -0.3 is 24.9 Å². The third-order valence-electron chi connectivity index (χ3n) is 4.29. The monoisotopic (exact) mass is 429 g/mol. The summed E-state index contributed by atoms with van der Waals surface area (Å²) in [7, 11) is 1.19. The van der Waals surface area contributed by atoms with Crippen molar-refractivity contribution in [1.29, 1.82) is 5.41 Å². The number of ether oxygens (including phenoxy) is 2. The minimum absolute atomic E-state index is 0.0348. The fourth-order valence-corrected chi connectivity index (χ4v) is 3.97. The summed E-state index contributed by atoms with van der Waals surface area (Å²) in [4.78, 5) is 36.8. The van der Waals surface area contributed by atoms with Gasteiger partial charge in [0, 0.05) is 5.39 Å². The van der Waals surface area contributed by atoms with Gasteiger partial charge in [-0.25, -0.2) is 4.79 Å². The number of carbonyl (C=O) groups is 3. The molecule has 0 radical (unpaired) electrons. The van der Waals surface area contributed by atoms with Gasteiger partial charge in [0.05, 0.1) is 24.2 Å². The van der Waals surface area contributed by atoms with Crippen LogP contribution in [0.4, 0.5) is 5.00 Å². The van der Waals surface area contributed by atoms with E-state index < -0.39 is 17.8 Å². The molecule has 0 saturated heterocycles. The number of anilines is 1. The zero-order valence-corrected chi connectivity index (χ0v) is 17.3. The molecular formula is C20H19N3O6S. The molecule has 0 aliphatic rings. The second kappa shape index (κ2) is 8.37. The molecule has 0 aliphatic heterocycles. The summed E-state index contributed by atoms with van der Waals surface area (Å²) in [5.41, 5.74) is 5.61. The Kier molecular flexibility index (Phi) is 5.88. The average molecular weight is 429 g/mol. The van der Waals surface area contributed by atoms with Gasteiger partial charge in [-0.1, -0.05) is 12.1 Å². The predicted molar refractivity (Wildman–Crippen MR) is 110 cm³/mol. The van der Waals surface area contributed by atoms with E-state index in [0.717, 1.165) is 11.3 Å². The molecule has 0 fully saturated rings. The first kappa shape index (κ1) is 21.1. The smallest absolute Gasteiger partial charge is 0.341 e. The number of amides is 2. The van der Waals surface area contributed by atoms with Crippen LogP contribution in [-0.2, 0) is 4.74 Å². The molecule has 0 spiro atoms. The number of carbonyl (C=O) groups excluding carboxylic acids is 3. The van der Waals surface area contributed by atoms with Crippen LogP contribution in [0.15, 0.2) is 28.7 Å². The largest absolute Gasteiger partial charge is 0.490 e. The van der Waals surface area contributed by atoms with Crippen molar-refractivity contribution in [2.45, 2.75) is 13.8 Å². The number of esters is 1. The SMILES string of the molecule is CCOc1cccc2cc(C(=O)Nc3sc(C(N)=O)c(C)c3C(=O)OC)c(=N)oc12. The molecule has 10 heteroatoms. The van der Waals surface area contributed by atoms with Crippen LogP contribution in [0.25, 0.3) is 11.0 Å². The maximum absolute atomic E-state index is 12.9. The first-order valence-electron chi connectivity index (χ1n) is 8.85. The highest BCUT2D eigenvalue weighted by Crippen LogP contribution is 2.34. The van der Waals surface area contributed by atoms with Gasteiger partial charge in [-0.3, -0.25) is 15.0 Å². The summed E-state index contributed by atoms with van der Waals surface area (Å²) in [6.45, 7) is 3.78. The van der Waals surface area contributed by atoms with Crippen molar-refractivity contribution < 1.29 is 28.3 Å². The highest BCUT2D eigenvalue weighted by molar-refractivity contribution is 7.18. The number of primary amides is 1. The van der Waals surface area contributed by atoms with Crippen LogP contribution >= 0.6 is 11.3 Å². The number of para-hydroxylation sites is 1. The van der Waals surface area contributed by atoms with Gasteiger partial charge in [-0.05, 0) is 31.5 Å². The number of methoxy groups -OCH3 is 1. The Morgan fingerprint density at radius 3 is 2.67 bits per heavy atom. The number of thiophene rings is 1. The van der Waals surface area contributed by atoms with Crippen molar-refractivity contribution in [2.24, 2.45) is 5.73 Å². The highest BCUT2D eigenvalue weighted by atomic mass is 32.1. The molecule has 3 rings (SSSR count). The topological polar surface area (TPSA) is 145 Å². The van der Waals surface area contributed by atoms with E-state index in [1.54, 1.807) is 18.2 Å². The third kappa shape index (κ3) is 3.77. The minimum atomic E-state index is -0.728. The summed E-state index contributed by atoms with van der Waals surface area (Å²) in [5.74, 6) is -1.67. The Labute approximate surface area is 174 Å². The Morgan fingerprint density at radius 1 is 1.30 bits per heavy atom. The van der Waals surface area contributed by atoms with Gasteiger partial charge in [0.2, 0.25) is 5.55 Å². The van der Waals surface area contributed by atoms with Crippen molar-refractivity contribution in [1.82, 2.24) is 0 Å². The summed E-state index contributed by atoms with van der Waals surface area (Å²) in [5, 5.41) is 11.3. The van der Waals surface area contributed by atoms with E-state index in [1.165, 1.54) is 20.1 Å². The van der Waals surface area contributed by atoms with Crippen LogP contribution in [0.5, 0.6) is 5.75 Å². The summed E-state index contributed by atoms with van der Waals surface area (Å²) < 4.78 is 15.8. The van der Waals surface area contributed by atoms with E-state index in [2.05, 4.69) is 5.32 Å². The molecule has 30 heavy (non-hydrogen) atoms. The molecule has 9 nitrogen and oxygen atoms in total. The second-order valence-electron chi connectivity index (χ2n) is 6.17. The quantitative estimate of drug-likeness (QED) is 0.514. The molecule has 2 aromatic heterocycles. The lowest BCUT2D eigenvalue weighted by Crippen LogP contribution is -2.21. The zero-order chi connectivity index (χ0) is 22.0. The first-order valence-corrected chi connectivity index (χ1v) is 9.67. The van der Waals surface area contributed by atoms with Crippen LogP contribution in [0.1, 0.15) is 42.9 Å². The van der Waals surface area contributed by atoms with Crippen LogP contribution < -0.4 is 21.3 Å². The lowest BCUT2D eigenvalue weighted by Gasteiger charge is -2.09. The summed E-state index contributed by atoms with van der Waals surface area (Å²) >= 11 is 0.860. The molecule has 0 aliphatic carbocycles. The van der Waals surface area contributed by atoms with Crippen molar-refractivity contribution in [3.05, 3.63) is 51.4 Å². The summed E-state index contributed by atoms with van der Waals surface area (Å²) in [6, 6.07) is 6.66.